The van der Waals surface area contributed by atoms with E-state index >= 15 is 0 Å². The SMILES string of the molecule is C=CC=C.Cc1nc(-c2nc3c(n2C)CN(C2CO[C@H](c4cc(F)ccc4F)C(N)C2)C3)no1. The average molecular weight is 471 g/mol. The molecule has 2 aromatic heterocycles. The highest BCUT2D eigenvalue weighted by Crippen LogP contribution is 2.35. The van der Waals surface area contributed by atoms with Crippen LogP contribution in [0.3, 0.4) is 0 Å². The Kier molecular flexibility index (Phi) is 7.01. The normalized spacial score (nSPS) is 22.1. The van der Waals surface area contributed by atoms with Crippen LogP contribution in [-0.4, -0.2) is 43.3 Å². The molecule has 3 aromatic rings. The lowest BCUT2D eigenvalue weighted by Crippen LogP contribution is -2.47. The van der Waals surface area contributed by atoms with Crippen LogP contribution < -0.4 is 5.73 Å². The number of aromatic nitrogens is 4. The van der Waals surface area contributed by atoms with Gasteiger partial charge in [0.2, 0.25) is 11.7 Å². The van der Waals surface area contributed by atoms with Gasteiger partial charge in [0.1, 0.15) is 17.7 Å². The maximum Gasteiger partial charge on any atom is 0.238 e. The van der Waals surface area contributed by atoms with Crippen molar-refractivity contribution in [3.63, 3.8) is 0 Å². The first-order valence-corrected chi connectivity index (χ1v) is 11.0. The molecule has 0 spiro atoms. The number of fused-ring (bicyclic) bond motifs is 1. The van der Waals surface area contributed by atoms with Crippen LogP contribution in [0.15, 0.2) is 48.0 Å². The van der Waals surface area contributed by atoms with Gasteiger partial charge in [-0.2, -0.15) is 4.98 Å². The van der Waals surface area contributed by atoms with E-state index in [4.69, 9.17) is 20.0 Å². The summed E-state index contributed by atoms with van der Waals surface area (Å²) >= 11 is 0. The number of halogens is 2. The second-order valence-corrected chi connectivity index (χ2v) is 8.37. The number of benzene rings is 1. The molecule has 34 heavy (non-hydrogen) atoms. The molecule has 8 nitrogen and oxygen atoms in total. The number of hydrogen-bond donors (Lipinski definition) is 1. The standard InChI is InChI=1S/C20H22F2N6O2.C4H6/c1-10-24-19(26-30-10)20-25-16-7-28(8-17(16)27(20)2)12-6-15(23)18(29-9-12)13-5-11(21)3-4-14(13)22;1-3-4-2/h3-5,12,15,18H,6-9,23H2,1-2H3;3-4H,1-2H2/t12?,15?,18-;/m1./s1. The quantitative estimate of drug-likeness (QED) is 0.582. The van der Waals surface area contributed by atoms with Gasteiger partial charge in [-0.3, -0.25) is 4.90 Å². The Morgan fingerprint density at radius 3 is 2.56 bits per heavy atom. The molecule has 1 aromatic carbocycles. The fourth-order valence-electron chi connectivity index (χ4n) is 4.35. The minimum Gasteiger partial charge on any atom is -0.370 e. The highest BCUT2D eigenvalue weighted by molar-refractivity contribution is 5.46. The van der Waals surface area contributed by atoms with Crippen molar-refractivity contribution >= 4 is 0 Å². The molecular weight excluding hydrogens is 442 g/mol. The molecule has 2 aliphatic heterocycles. The van der Waals surface area contributed by atoms with Crippen LogP contribution in [0.2, 0.25) is 0 Å². The number of imidazole rings is 1. The second kappa shape index (κ2) is 9.96. The Hall–Kier alpha value is -3.21. The third-order valence-corrected chi connectivity index (χ3v) is 6.08. The molecule has 2 unspecified atom stereocenters. The molecule has 3 atom stereocenters. The lowest BCUT2D eigenvalue weighted by molar-refractivity contribution is -0.0534. The molecular formula is C24H28F2N6O2. The molecule has 4 heterocycles. The highest BCUT2D eigenvalue weighted by atomic mass is 19.1. The van der Waals surface area contributed by atoms with Crippen LogP contribution in [0.1, 0.15) is 35.4 Å². The van der Waals surface area contributed by atoms with E-state index in [1.165, 1.54) is 0 Å². The van der Waals surface area contributed by atoms with Gasteiger partial charge in [-0.05, 0) is 24.6 Å². The summed E-state index contributed by atoms with van der Waals surface area (Å²) in [6.07, 6.45) is 3.24. The molecule has 1 saturated heterocycles. The van der Waals surface area contributed by atoms with Crippen LogP contribution in [0.25, 0.3) is 11.6 Å². The summed E-state index contributed by atoms with van der Waals surface area (Å²) in [7, 11) is 1.93. The molecule has 0 amide bonds. The molecule has 2 N–H and O–H groups in total. The van der Waals surface area contributed by atoms with E-state index in [2.05, 4.69) is 28.2 Å². The van der Waals surface area contributed by atoms with Crippen molar-refractivity contribution in [2.24, 2.45) is 12.8 Å². The van der Waals surface area contributed by atoms with Crippen molar-refractivity contribution in [3.8, 4) is 11.6 Å². The average Bonchev–Trinajstić information content (AvgIpc) is 3.52. The summed E-state index contributed by atoms with van der Waals surface area (Å²) in [4.78, 5) is 11.2. The maximum absolute atomic E-state index is 14.1. The minimum absolute atomic E-state index is 0.0675. The van der Waals surface area contributed by atoms with Gasteiger partial charge < -0.3 is 19.6 Å². The topological polar surface area (TPSA) is 95.2 Å². The molecule has 10 heteroatoms. The molecule has 0 bridgehead atoms. The smallest absolute Gasteiger partial charge is 0.238 e. The summed E-state index contributed by atoms with van der Waals surface area (Å²) in [5.41, 5.74) is 8.53. The molecule has 2 aliphatic rings. The van der Waals surface area contributed by atoms with Crippen LogP contribution in [0, 0.1) is 18.6 Å². The molecule has 180 valence electrons. The highest BCUT2D eigenvalue weighted by Gasteiger charge is 2.38. The van der Waals surface area contributed by atoms with E-state index in [0.717, 1.165) is 29.6 Å². The van der Waals surface area contributed by atoms with Gasteiger partial charge in [-0.15, -0.1) is 0 Å². The largest absolute Gasteiger partial charge is 0.370 e. The summed E-state index contributed by atoms with van der Waals surface area (Å²) in [6, 6.07) is 3.00. The van der Waals surface area contributed by atoms with Gasteiger partial charge in [0.25, 0.3) is 0 Å². The molecule has 0 radical (unpaired) electrons. The predicted molar refractivity (Wildman–Crippen MR) is 122 cm³/mol. The fraction of sp³-hybridized carbons (Fsp3) is 0.375. The van der Waals surface area contributed by atoms with E-state index in [1.807, 2.05) is 11.6 Å². The van der Waals surface area contributed by atoms with Crippen molar-refractivity contribution in [1.82, 2.24) is 24.6 Å². The number of rotatable bonds is 4. The first-order valence-electron chi connectivity index (χ1n) is 11.0. The van der Waals surface area contributed by atoms with Crippen molar-refractivity contribution < 1.29 is 18.0 Å². The van der Waals surface area contributed by atoms with Crippen LogP contribution in [0.4, 0.5) is 8.78 Å². The van der Waals surface area contributed by atoms with Gasteiger partial charge >= 0.3 is 0 Å². The number of hydrogen-bond acceptors (Lipinski definition) is 7. The van der Waals surface area contributed by atoms with Gasteiger partial charge in [0, 0.05) is 44.7 Å². The van der Waals surface area contributed by atoms with E-state index in [-0.39, 0.29) is 11.6 Å². The Labute approximate surface area is 196 Å². The Bertz CT molecular complexity index is 1180. The zero-order chi connectivity index (χ0) is 24.4. The number of ether oxygens (including phenoxy) is 1. The number of nitrogens with zero attached hydrogens (tertiary/aromatic N) is 5. The lowest BCUT2D eigenvalue weighted by Gasteiger charge is -2.38. The van der Waals surface area contributed by atoms with Gasteiger partial charge in [-0.25, -0.2) is 13.8 Å². The van der Waals surface area contributed by atoms with E-state index in [0.29, 0.717) is 43.7 Å². The van der Waals surface area contributed by atoms with Gasteiger partial charge in [0.05, 0.1) is 18.0 Å². The first kappa shape index (κ1) is 23.9. The van der Waals surface area contributed by atoms with Crippen LogP contribution in [0.5, 0.6) is 0 Å². The van der Waals surface area contributed by atoms with E-state index < -0.39 is 23.8 Å². The second-order valence-electron chi connectivity index (χ2n) is 8.37. The summed E-state index contributed by atoms with van der Waals surface area (Å²) < 4.78 is 40.7. The van der Waals surface area contributed by atoms with Crippen molar-refractivity contribution in [2.75, 3.05) is 6.61 Å². The third kappa shape index (κ3) is 4.70. The summed E-state index contributed by atoms with van der Waals surface area (Å²) in [5, 5.41) is 3.95. The van der Waals surface area contributed by atoms with Crippen molar-refractivity contribution in [1.29, 1.82) is 0 Å². The van der Waals surface area contributed by atoms with Gasteiger partial charge in [-0.1, -0.05) is 30.5 Å². The van der Waals surface area contributed by atoms with E-state index in [1.54, 1.807) is 19.1 Å². The minimum atomic E-state index is -0.659. The third-order valence-electron chi connectivity index (χ3n) is 6.08. The fourth-order valence-corrected chi connectivity index (χ4v) is 4.35. The van der Waals surface area contributed by atoms with E-state index in [9.17, 15) is 8.78 Å². The molecule has 1 fully saturated rings. The number of nitrogens with two attached hydrogens (primary N) is 1. The first-order chi connectivity index (χ1) is 16.3. The Morgan fingerprint density at radius 1 is 1.18 bits per heavy atom. The molecule has 5 rings (SSSR count). The Balaban J connectivity index is 0.000000636. The lowest BCUT2D eigenvalue weighted by atomic mass is 9.93. The predicted octanol–water partition coefficient (Wildman–Crippen LogP) is 3.59. The van der Waals surface area contributed by atoms with Crippen LogP contribution >= 0.6 is 0 Å². The molecule has 0 saturated carbocycles. The Morgan fingerprint density at radius 2 is 1.94 bits per heavy atom. The summed E-state index contributed by atoms with van der Waals surface area (Å²) in [5.74, 6) is 0.636. The van der Waals surface area contributed by atoms with Crippen molar-refractivity contribution in [3.05, 3.63) is 78.0 Å². The summed E-state index contributed by atoms with van der Waals surface area (Å²) in [6.45, 7) is 10.2. The molecule has 0 aliphatic carbocycles. The zero-order valence-electron chi connectivity index (χ0n) is 19.2. The van der Waals surface area contributed by atoms with Crippen molar-refractivity contribution in [2.45, 2.75) is 44.6 Å². The monoisotopic (exact) mass is 470 g/mol. The number of aryl methyl sites for hydroxylation is 1. The maximum atomic E-state index is 14.1. The van der Waals surface area contributed by atoms with Crippen LogP contribution in [-0.2, 0) is 24.9 Å². The zero-order valence-corrected chi connectivity index (χ0v) is 19.2. The van der Waals surface area contributed by atoms with Gasteiger partial charge in [0.15, 0.2) is 5.82 Å². The number of allylic oxidation sites excluding steroid dienone is 2.